The Morgan fingerprint density at radius 3 is 2.56 bits per heavy atom. The largest absolute Gasteiger partial charge is 0.361 e. The lowest BCUT2D eigenvalue weighted by Gasteiger charge is -2.07. The van der Waals surface area contributed by atoms with E-state index >= 15 is 0 Å². The summed E-state index contributed by atoms with van der Waals surface area (Å²) in [6.45, 7) is 0. The van der Waals surface area contributed by atoms with E-state index < -0.39 is 0 Å². The van der Waals surface area contributed by atoms with Gasteiger partial charge in [0.05, 0.1) is 16.7 Å². The number of rotatable bonds is 2. The lowest BCUT2D eigenvalue weighted by Crippen LogP contribution is -2.26. The van der Waals surface area contributed by atoms with E-state index in [1.807, 2.05) is 54.6 Å². The molecule has 4 aromatic rings. The fraction of sp³-hybridized carbons (Fsp3) is 0.0455. The molecule has 2 aromatic heterocycles. The SMILES string of the molecule is CN1C(=O)C(c2cnc3ccccc3c2)=C(c2c[nH]c3ccccc23)C1=O. The third-order valence-electron chi connectivity index (χ3n) is 5.02. The number of H-pyrrole nitrogens is 1. The maximum Gasteiger partial charge on any atom is 0.261 e. The number of carbonyl (C=O) groups is 2. The summed E-state index contributed by atoms with van der Waals surface area (Å²) in [5, 5.41) is 1.84. The van der Waals surface area contributed by atoms with Crippen LogP contribution in [0.1, 0.15) is 11.1 Å². The van der Waals surface area contributed by atoms with Gasteiger partial charge in [0, 0.05) is 46.9 Å². The molecule has 0 fully saturated rings. The maximum absolute atomic E-state index is 12.9. The number of likely N-dealkylation sites (N-methyl/N-ethyl adjacent to an activating group) is 1. The summed E-state index contributed by atoms with van der Waals surface area (Å²) in [5.41, 5.74) is 3.96. The molecule has 27 heavy (non-hydrogen) atoms. The van der Waals surface area contributed by atoms with Crippen LogP contribution in [-0.2, 0) is 9.59 Å². The number of para-hydroxylation sites is 2. The van der Waals surface area contributed by atoms with Crippen molar-refractivity contribution < 1.29 is 9.59 Å². The third kappa shape index (κ3) is 2.22. The molecule has 0 radical (unpaired) electrons. The quantitative estimate of drug-likeness (QED) is 0.560. The minimum atomic E-state index is -0.308. The van der Waals surface area contributed by atoms with Crippen LogP contribution in [0.15, 0.2) is 67.0 Å². The summed E-state index contributed by atoms with van der Waals surface area (Å²) in [7, 11) is 1.51. The van der Waals surface area contributed by atoms with Gasteiger partial charge in [-0.15, -0.1) is 0 Å². The van der Waals surface area contributed by atoms with E-state index in [1.54, 1.807) is 12.4 Å². The van der Waals surface area contributed by atoms with E-state index in [2.05, 4.69) is 9.97 Å². The lowest BCUT2D eigenvalue weighted by molar-refractivity contribution is -0.134. The van der Waals surface area contributed by atoms with Crippen molar-refractivity contribution in [2.45, 2.75) is 0 Å². The van der Waals surface area contributed by atoms with Gasteiger partial charge in [-0.05, 0) is 18.2 Å². The fourth-order valence-electron chi connectivity index (χ4n) is 3.65. The predicted molar refractivity (Wildman–Crippen MR) is 105 cm³/mol. The average Bonchev–Trinajstić information content (AvgIpc) is 3.22. The van der Waals surface area contributed by atoms with Crippen LogP contribution >= 0.6 is 0 Å². The molecule has 5 rings (SSSR count). The van der Waals surface area contributed by atoms with Crippen molar-refractivity contribution in [2.24, 2.45) is 0 Å². The number of pyridine rings is 1. The summed E-state index contributed by atoms with van der Waals surface area (Å²) in [6, 6.07) is 17.4. The van der Waals surface area contributed by atoms with E-state index in [-0.39, 0.29) is 11.8 Å². The summed E-state index contributed by atoms with van der Waals surface area (Å²) in [5.74, 6) is -0.606. The first-order chi connectivity index (χ1) is 13.1. The van der Waals surface area contributed by atoms with Crippen molar-refractivity contribution in [1.82, 2.24) is 14.9 Å². The van der Waals surface area contributed by atoms with Crippen molar-refractivity contribution in [2.75, 3.05) is 7.05 Å². The minimum absolute atomic E-state index is 0.298. The number of nitrogens with one attached hydrogen (secondary N) is 1. The van der Waals surface area contributed by atoms with Crippen LogP contribution in [-0.4, -0.2) is 33.7 Å². The highest BCUT2D eigenvalue weighted by molar-refractivity contribution is 6.49. The summed E-state index contributed by atoms with van der Waals surface area (Å²) in [4.78, 5) is 34.6. The molecule has 2 aromatic carbocycles. The number of carbonyl (C=O) groups excluding carboxylic acids is 2. The van der Waals surface area contributed by atoms with Crippen LogP contribution in [0.4, 0.5) is 0 Å². The zero-order chi connectivity index (χ0) is 18.5. The van der Waals surface area contributed by atoms with Crippen molar-refractivity contribution in [3.05, 3.63) is 78.1 Å². The highest BCUT2D eigenvalue weighted by atomic mass is 16.2. The molecule has 130 valence electrons. The Kier molecular flexibility index (Phi) is 3.24. The molecule has 0 saturated carbocycles. The normalized spacial score (nSPS) is 14.8. The number of amides is 2. The smallest absolute Gasteiger partial charge is 0.261 e. The molecule has 0 spiro atoms. The van der Waals surface area contributed by atoms with Gasteiger partial charge in [0.15, 0.2) is 0 Å². The Balaban J connectivity index is 1.81. The molecule has 0 atom stereocenters. The van der Waals surface area contributed by atoms with Gasteiger partial charge < -0.3 is 4.98 Å². The predicted octanol–water partition coefficient (Wildman–Crippen LogP) is 3.63. The van der Waals surface area contributed by atoms with Crippen molar-refractivity contribution >= 4 is 44.8 Å². The summed E-state index contributed by atoms with van der Waals surface area (Å²) >= 11 is 0. The third-order valence-corrected chi connectivity index (χ3v) is 5.02. The first kappa shape index (κ1) is 15.5. The molecular formula is C22H15N3O2. The second kappa shape index (κ2) is 5.64. The Hall–Kier alpha value is -3.73. The van der Waals surface area contributed by atoms with Crippen LogP contribution in [0.25, 0.3) is 33.0 Å². The minimum Gasteiger partial charge on any atom is -0.361 e. The topological polar surface area (TPSA) is 66.1 Å². The number of aromatic amines is 1. The molecule has 0 bridgehead atoms. The molecule has 0 saturated heterocycles. The van der Waals surface area contributed by atoms with Gasteiger partial charge in [-0.1, -0.05) is 36.4 Å². The maximum atomic E-state index is 12.9. The van der Waals surface area contributed by atoms with Crippen LogP contribution in [0.3, 0.4) is 0 Å². The first-order valence-corrected chi connectivity index (χ1v) is 8.63. The van der Waals surface area contributed by atoms with E-state index in [4.69, 9.17) is 0 Å². The van der Waals surface area contributed by atoms with Crippen molar-refractivity contribution in [3.63, 3.8) is 0 Å². The molecule has 0 aliphatic carbocycles. The van der Waals surface area contributed by atoms with Crippen molar-refractivity contribution in [1.29, 1.82) is 0 Å². The van der Waals surface area contributed by atoms with Gasteiger partial charge >= 0.3 is 0 Å². The van der Waals surface area contributed by atoms with Gasteiger partial charge in [-0.3, -0.25) is 19.5 Å². The van der Waals surface area contributed by atoms with Gasteiger partial charge in [-0.25, -0.2) is 0 Å². The number of imide groups is 1. The number of hydrogen-bond donors (Lipinski definition) is 1. The van der Waals surface area contributed by atoms with Crippen LogP contribution in [0.2, 0.25) is 0 Å². The van der Waals surface area contributed by atoms with E-state index in [1.165, 1.54) is 11.9 Å². The molecule has 1 N–H and O–H groups in total. The molecular weight excluding hydrogens is 338 g/mol. The first-order valence-electron chi connectivity index (χ1n) is 8.63. The Morgan fingerprint density at radius 1 is 0.926 bits per heavy atom. The van der Waals surface area contributed by atoms with E-state index in [9.17, 15) is 9.59 Å². The standard InChI is InChI=1S/C22H15N3O2/c1-25-21(26)19(14-10-13-6-2-4-8-17(13)23-11-14)20(22(25)27)16-12-24-18-9-5-3-7-15(16)18/h2-12,24H,1H3. The Bertz CT molecular complexity index is 1280. The van der Waals surface area contributed by atoms with Gasteiger partial charge in [0.1, 0.15) is 0 Å². The van der Waals surface area contributed by atoms with Gasteiger partial charge in [-0.2, -0.15) is 0 Å². The molecule has 1 aliphatic heterocycles. The number of hydrogen-bond acceptors (Lipinski definition) is 3. The highest BCUT2D eigenvalue weighted by Gasteiger charge is 2.38. The van der Waals surface area contributed by atoms with Gasteiger partial charge in [0.25, 0.3) is 11.8 Å². The second-order valence-electron chi connectivity index (χ2n) is 6.58. The van der Waals surface area contributed by atoms with E-state index in [0.717, 1.165) is 27.4 Å². The second-order valence-corrected chi connectivity index (χ2v) is 6.58. The highest BCUT2D eigenvalue weighted by Crippen LogP contribution is 2.38. The van der Waals surface area contributed by atoms with Crippen LogP contribution in [0, 0.1) is 0 Å². The number of benzene rings is 2. The fourth-order valence-corrected chi connectivity index (χ4v) is 3.65. The van der Waals surface area contributed by atoms with Crippen molar-refractivity contribution in [3.8, 4) is 0 Å². The Morgan fingerprint density at radius 2 is 1.67 bits per heavy atom. The molecule has 5 nitrogen and oxygen atoms in total. The average molecular weight is 353 g/mol. The Labute approximate surface area is 154 Å². The number of fused-ring (bicyclic) bond motifs is 2. The number of nitrogens with zero attached hydrogens (tertiary/aromatic N) is 2. The van der Waals surface area contributed by atoms with Crippen LogP contribution in [0.5, 0.6) is 0 Å². The number of aromatic nitrogens is 2. The summed E-state index contributed by atoms with van der Waals surface area (Å²) in [6.07, 6.45) is 3.45. The molecule has 5 heteroatoms. The zero-order valence-electron chi connectivity index (χ0n) is 14.6. The lowest BCUT2D eigenvalue weighted by atomic mass is 9.96. The molecule has 0 unspecified atom stereocenters. The van der Waals surface area contributed by atoms with Crippen LogP contribution < -0.4 is 0 Å². The van der Waals surface area contributed by atoms with Gasteiger partial charge in [0.2, 0.25) is 0 Å². The molecule has 2 amide bonds. The zero-order valence-corrected chi connectivity index (χ0v) is 14.6. The monoisotopic (exact) mass is 353 g/mol. The molecule has 3 heterocycles. The summed E-state index contributed by atoms with van der Waals surface area (Å²) < 4.78 is 0. The molecule has 1 aliphatic rings. The van der Waals surface area contributed by atoms with E-state index in [0.29, 0.717) is 16.7 Å².